The minimum atomic E-state index is -0.626. The van der Waals surface area contributed by atoms with Crippen molar-refractivity contribution in [1.82, 2.24) is 10.2 Å². The minimum Gasteiger partial charge on any atom is -0.481 e. The van der Waals surface area contributed by atoms with E-state index in [0.29, 0.717) is 5.75 Å². The van der Waals surface area contributed by atoms with Gasteiger partial charge in [0, 0.05) is 13.1 Å². The molecule has 1 unspecified atom stereocenters. The van der Waals surface area contributed by atoms with E-state index in [1.165, 1.54) is 0 Å². The molecule has 114 valence electrons. The predicted octanol–water partition coefficient (Wildman–Crippen LogP) is 1.50. The maximum absolute atomic E-state index is 11.9. The minimum absolute atomic E-state index is 0.0246. The highest BCUT2D eigenvalue weighted by atomic mass is 16.5. The Balaban J connectivity index is 1.76. The molecule has 1 heterocycles. The molecule has 0 spiro atoms. The summed E-state index contributed by atoms with van der Waals surface area (Å²) in [6, 6.07) is 7.51. The molecule has 1 aromatic carbocycles. The van der Waals surface area contributed by atoms with Gasteiger partial charge < -0.3 is 15.0 Å². The molecule has 5 heteroatoms. The van der Waals surface area contributed by atoms with Crippen molar-refractivity contribution in [2.75, 3.05) is 19.6 Å². The van der Waals surface area contributed by atoms with Gasteiger partial charge in [-0.2, -0.15) is 0 Å². The third-order valence-electron chi connectivity index (χ3n) is 3.58. The average Bonchev–Trinajstić information content (AvgIpc) is 3.01. The van der Waals surface area contributed by atoms with Gasteiger partial charge in [-0.25, -0.2) is 0 Å². The van der Waals surface area contributed by atoms with Gasteiger partial charge >= 0.3 is 0 Å². The lowest BCUT2D eigenvalue weighted by Crippen LogP contribution is -2.43. The Kier molecular flexibility index (Phi) is 5.20. The summed E-state index contributed by atoms with van der Waals surface area (Å²) in [5.74, 6) is 0.348. The molecule has 1 saturated heterocycles. The first-order valence-corrected chi connectivity index (χ1v) is 7.35. The summed E-state index contributed by atoms with van der Waals surface area (Å²) in [6.07, 6.45) is 1.47. The predicted molar refractivity (Wildman–Crippen MR) is 80.1 cm³/mol. The van der Waals surface area contributed by atoms with Gasteiger partial charge in [0.05, 0.1) is 6.54 Å². The Morgan fingerprint density at radius 3 is 2.48 bits per heavy atom. The zero-order valence-electron chi connectivity index (χ0n) is 12.6. The number of amides is 2. The molecule has 2 rings (SSSR count). The van der Waals surface area contributed by atoms with E-state index in [0.717, 1.165) is 31.5 Å². The number of nitrogens with one attached hydrogen (secondary N) is 1. The van der Waals surface area contributed by atoms with Crippen LogP contribution in [0, 0.1) is 6.92 Å². The van der Waals surface area contributed by atoms with E-state index in [-0.39, 0.29) is 18.4 Å². The van der Waals surface area contributed by atoms with Crippen LogP contribution in [0.2, 0.25) is 0 Å². The molecule has 5 nitrogen and oxygen atoms in total. The summed E-state index contributed by atoms with van der Waals surface area (Å²) in [4.78, 5) is 25.5. The molecule has 1 aliphatic heterocycles. The fourth-order valence-electron chi connectivity index (χ4n) is 2.26. The van der Waals surface area contributed by atoms with Crippen molar-refractivity contribution < 1.29 is 14.3 Å². The SMILES string of the molecule is Cc1ccc(OC(C)C(=O)NCC(=O)N2CCCC2)cc1. The van der Waals surface area contributed by atoms with E-state index in [2.05, 4.69) is 5.32 Å². The van der Waals surface area contributed by atoms with Crippen LogP contribution in [0.3, 0.4) is 0 Å². The van der Waals surface area contributed by atoms with Crippen LogP contribution < -0.4 is 10.1 Å². The number of aryl methyl sites for hydroxylation is 1. The molecule has 1 fully saturated rings. The third-order valence-corrected chi connectivity index (χ3v) is 3.58. The highest BCUT2D eigenvalue weighted by Crippen LogP contribution is 2.13. The Labute approximate surface area is 125 Å². The number of benzene rings is 1. The van der Waals surface area contributed by atoms with Crippen molar-refractivity contribution in [2.24, 2.45) is 0 Å². The van der Waals surface area contributed by atoms with E-state index < -0.39 is 6.10 Å². The zero-order valence-corrected chi connectivity index (χ0v) is 12.6. The molecule has 0 aliphatic carbocycles. The van der Waals surface area contributed by atoms with Crippen LogP contribution >= 0.6 is 0 Å². The summed E-state index contributed by atoms with van der Waals surface area (Å²) in [5.41, 5.74) is 1.13. The molecule has 1 N–H and O–H groups in total. The van der Waals surface area contributed by atoms with Gasteiger partial charge in [-0.15, -0.1) is 0 Å². The van der Waals surface area contributed by atoms with Crippen LogP contribution in [0.4, 0.5) is 0 Å². The number of carbonyl (C=O) groups is 2. The van der Waals surface area contributed by atoms with Crippen LogP contribution in [0.25, 0.3) is 0 Å². The number of hydrogen-bond donors (Lipinski definition) is 1. The Morgan fingerprint density at radius 2 is 1.86 bits per heavy atom. The van der Waals surface area contributed by atoms with E-state index in [1.54, 1.807) is 11.8 Å². The van der Waals surface area contributed by atoms with Crippen LogP contribution in [0.5, 0.6) is 5.75 Å². The van der Waals surface area contributed by atoms with Crippen molar-refractivity contribution in [3.63, 3.8) is 0 Å². The van der Waals surface area contributed by atoms with Gasteiger partial charge in [0.1, 0.15) is 5.75 Å². The lowest BCUT2D eigenvalue weighted by atomic mass is 10.2. The summed E-state index contributed by atoms with van der Waals surface area (Å²) < 4.78 is 5.55. The topological polar surface area (TPSA) is 58.6 Å². The van der Waals surface area contributed by atoms with Crippen LogP contribution in [0.1, 0.15) is 25.3 Å². The molecule has 21 heavy (non-hydrogen) atoms. The normalized spacial score (nSPS) is 15.6. The fraction of sp³-hybridized carbons (Fsp3) is 0.500. The van der Waals surface area contributed by atoms with Gasteiger partial charge in [0.15, 0.2) is 6.10 Å². The highest BCUT2D eigenvalue weighted by Gasteiger charge is 2.20. The highest BCUT2D eigenvalue weighted by molar-refractivity contribution is 5.87. The Morgan fingerprint density at radius 1 is 1.24 bits per heavy atom. The largest absolute Gasteiger partial charge is 0.481 e. The lowest BCUT2D eigenvalue weighted by Gasteiger charge is -2.18. The third kappa shape index (κ3) is 4.48. The first kappa shape index (κ1) is 15.4. The summed E-state index contributed by atoms with van der Waals surface area (Å²) in [6.45, 7) is 5.30. The number of ether oxygens (including phenoxy) is 1. The van der Waals surface area contributed by atoms with E-state index in [9.17, 15) is 9.59 Å². The molecular formula is C16H22N2O3. The Hall–Kier alpha value is -2.04. The molecule has 0 aromatic heterocycles. The van der Waals surface area contributed by atoms with Crippen LogP contribution in [-0.2, 0) is 9.59 Å². The van der Waals surface area contributed by atoms with Gasteiger partial charge in [-0.3, -0.25) is 9.59 Å². The number of rotatable bonds is 5. The molecule has 0 saturated carbocycles. The maximum Gasteiger partial charge on any atom is 0.261 e. The van der Waals surface area contributed by atoms with Crippen molar-refractivity contribution >= 4 is 11.8 Å². The second-order valence-corrected chi connectivity index (χ2v) is 5.38. The van der Waals surface area contributed by atoms with Gasteiger partial charge in [-0.05, 0) is 38.8 Å². The molecule has 1 atom stereocenters. The van der Waals surface area contributed by atoms with Crippen molar-refractivity contribution in [3.8, 4) is 5.75 Å². The quantitative estimate of drug-likeness (QED) is 0.894. The molecule has 0 radical (unpaired) electrons. The molecule has 1 aromatic rings. The summed E-state index contributed by atoms with van der Waals surface area (Å²) in [5, 5.41) is 2.64. The van der Waals surface area contributed by atoms with Crippen LogP contribution in [-0.4, -0.2) is 42.5 Å². The molecule has 2 amide bonds. The molecular weight excluding hydrogens is 268 g/mol. The monoisotopic (exact) mass is 290 g/mol. The first-order valence-electron chi connectivity index (χ1n) is 7.35. The smallest absolute Gasteiger partial charge is 0.261 e. The second-order valence-electron chi connectivity index (χ2n) is 5.38. The van der Waals surface area contributed by atoms with Crippen LogP contribution in [0.15, 0.2) is 24.3 Å². The van der Waals surface area contributed by atoms with Gasteiger partial charge in [0.2, 0.25) is 5.91 Å². The lowest BCUT2D eigenvalue weighted by molar-refractivity contribution is -0.134. The number of nitrogens with zero attached hydrogens (tertiary/aromatic N) is 1. The standard InChI is InChI=1S/C16H22N2O3/c1-12-5-7-14(8-6-12)21-13(2)16(20)17-11-15(19)18-9-3-4-10-18/h5-8,13H,3-4,9-11H2,1-2H3,(H,17,20). The van der Waals surface area contributed by atoms with Crippen molar-refractivity contribution in [1.29, 1.82) is 0 Å². The first-order chi connectivity index (χ1) is 10.1. The summed E-state index contributed by atoms with van der Waals surface area (Å²) >= 11 is 0. The van der Waals surface area contributed by atoms with Crippen molar-refractivity contribution in [2.45, 2.75) is 32.8 Å². The number of carbonyl (C=O) groups excluding carboxylic acids is 2. The van der Waals surface area contributed by atoms with Gasteiger partial charge in [0.25, 0.3) is 5.91 Å². The van der Waals surface area contributed by atoms with Gasteiger partial charge in [-0.1, -0.05) is 17.7 Å². The van der Waals surface area contributed by atoms with E-state index in [4.69, 9.17) is 4.74 Å². The van der Waals surface area contributed by atoms with E-state index >= 15 is 0 Å². The molecule has 1 aliphatic rings. The van der Waals surface area contributed by atoms with Crippen molar-refractivity contribution in [3.05, 3.63) is 29.8 Å². The molecule has 0 bridgehead atoms. The van der Waals surface area contributed by atoms with E-state index in [1.807, 2.05) is 31.2 Å². The summed E-state index contributed by atoms with van der Waals surface area (Å²) in [7, 11) is 0. The second kappa shape index (κ2) is 7.11. The average molecular weight is 290 g/mol. The Bertz CT molecular complexity index is 493. The zero-order chi connectivity index (χ0) is 15.2. The number of hydrogen-bond acceptors (Lipinski definition) is 3. The number of likely N-dealkylation sites (tertiary alicyclic amines) is 1. The fourth-order valence-corrected chi connectivity index (χ4v) is 2.26. The maximum atomic E-state index is 11.9.